The summed E-state index contributed by atoms with van der Waals surface area (Å²) in [6.07, 6.45) is 3.59. The molecule has 0 atom stereocenters. The van der Waals surface area contributed by atoms with E-state index in [0.29, 0.717) is 0 Å². The summed E-state index contributed by atoms with van der Waals surface area (Å²) in [6.45, 7) is 2.87. The van der Waals surface area contributed by atoms with E-state index in [-0.39, 0.29) is 0 Å². The maximum absolute atomic E-state index is 5.01. The predicted octanol–water partition coefficient (Wildman–Crippen LogP) is 4.12. The van der Waals surface area contributed by atoms with Gasteiger partial charge >= 0.3 is 0 Å². The normalized spacial score (nSPS) is 10.8. The van der Waals surface area contributed by atoms with Crippen LogP contribution in [0.25, 0.3) is 0 Å². The zero-order chi connectivity index (χ0) is 12.5. The van der Waals surface area contributed by atoms with Gasteiger partial charge in [0.25, 0.3) is 0 Å². The molecule has 0 aliphatic heterocycles. The van der Waals surface area contributed by atoms with E-state index >= 15 is 0 Å². The highest BCUT2D eigenvalue weighted by molar-refractivity contribution is 9.13. The molecule has 0 aliphatic carbocycles. The molecule has 1 aromatic carbocycles. The van der Waals surface area contributed by atoms with E-state index in [1.807, 2.05) is 0 Å². The topological polar surface area (TPSA) is 21.3 Å². The van der Waals surface area contributed by atoms with E-state index in [0.717, 1.165) is 35.1 Å². The first-order valence-electron chi connectivity index (χ1n) is 5.87. The summed E-state index contributed by atoms with van der Waals surface area (Å²) in [5.41, 5.74) is 1.30. The summed E-state index contributed by atoms with van der Waals surface area (Å²) < 4.78 is 7.22. The number of nitrogens with one attached hydrogen (secondary N) is 1. The molecule has 1 rings (SSSR count). The number of halogens is 2. The van der Waals surface area contributed by atoms with Crippen LogP contribution in [-0.4, -0.2) is 20.3 Å². The molecular weight excluding hydrogens is 346 g/mol. The first kappa shape index (κ1) is 15.2. The zero-order valence-corrected chi connectivity index (χ0v) is 13.3. The summed E-state index contributed by atoms with van der Waals surface area (Å²) in [6, 6.07) is 6.34. The number of ether oxygens (including phenoxy) is 1. The van der Waals surface area contributed by atoms with Crippen LogP contribution in [0.15, 0.2) is 27.1 Å². The Morgan fingerprint density at radius 3 is 2.65 bits per heavy atom. The molecule has 2 nitrogen and oxygen atoms in total. The molecule has 0 unspecified atom stereocenters. The molecule has 96 valence electrons. The fourth-order valence-electron chi connectivity index (χ4n) is 1.56. The van der Waals surface area contributed by atoms with Gasteiger partial charge in [-0.15, -0.1) is 0 Å². The molecule has 1 N–H and O–H groups in total. The first-order chi connectivity index (χ1) is 8.24. The SMILES string of the molecule is COCCCCCNCc1ccc(Br)c(Br)c1. The van der Waals surface area contributed by atoms with Gasteiger partial charge in [0.15, 0.2) is 0 Å². The Labute approximate surface area is 120 Å². The van der Waals surface area contributed by atoms with Crippen molar-refractivity contribution in [2.24, 2.45) is 0 Å². The Hall–Kier alpha value is 0.1000. The van der Waals surface area contributed by atoms with Gasteiger partial charge in [-0.05, 0) is 75.4 Å². The third kappa shape index (κ3) is 6.55. The van der Waals surface area contributed by atoms with E-state index in [2.05, 4.69) is 55.4 Å². The van der Waals surface area contributed by atoms with E-state index in [1.54, 1.807) is 7.11 Å². The number of benzene rings is 1. The van der Waals surface area contributed by atoms with Crippen LogP contribution in [0.4, 0.5) is 0 Å². The highest BCUT2D eigenvalue weighted by atomic mass is 79.9. The van der Waals surface area contributed by atoms with Gasteiger partial charge in [-0.1, -0.05) is 6.07 Å². The molecule has 17 heavy (non-hydrogen) atoms. The molecule has 0 aromatic heterocycles. The highest BCUT2D eigenvalue weighted by Gasteiger charge is 1.98. The largest absolute Gasteiger partial charge is 0.385 e. The van der Waals surface area contributed by atoms with Crippen LogP contribution >= 0.6 is 31.9 Å². The van der Waals surface area contributed by atoms with E-state index in [1.165, 1.54) is 18.4 Å². The lowest BCUT2D eigenvalue weighted by Gasteiger charge is -2.06. The van der Waals surface area contributed by atoms with Gasteiger partial charge in [0.05, 0.1) is 0 Å². The maximum atomic E-state index is 5.01. The van der Waals surface area contributed by atoms with Crippen LogP contribution in [0.5, 0.6) is 0 Å². The number of hydrogen-bond acceptors (Lipinski definition) is 2. The lowest BCUT2D eigenvalue weighted by atomic mass is 10.2. The molecule has 0 aliphatic rings. The summed E-state index contributed by atoms with van der Waals surface area (Å²) in [4.78, 5) is 0. The molecule has 1 aromatic rings. The Morgan fingerprint density at radius 2 is 1.94 bits per heavy atom. The predicted molar refractivity (Wildman–Crippen MR) is 79.3 cm³/mol. The van der Waals surface area contributed by atoms with Crippen molar-refractivity contribution in [3.63, 3.8) is 0 Å². The minimum Gasteiger partial charge on any atom is -0.385 e. The average Bonchev–Trinajstić information content (AvgIpc) is 2.32. The van der Waals surface area contributed by atoms with Gasteiger partial charge in [0, 0.05) is 29.2 Å². The first-order valence-corrected chi connectivity index (χ1v) is 7.46. The quantitative estimate of drug-likeness (QED) is 0.700. The molecule has 0 spiro atoms. The van der Waals surface area contributed by atoms with Crippen LogP contribution in [0.2, 0.25) is 0 Å². The van der Waals surface area contributed by atoms with Crippen LogP contribution in [0.3, 0.4) is 0 Å². The third-order valence-corrected chi connectivity index (χ3v) is 4.39. The van der Waals surface area contributed by atoms with Gasteiger partial charge in [-0.3, -0.25) is 0 Å². The molecule has 0 saturated carbocycles. The molecule has 0 saturated heterocycles. The molecule has 0 amide bonds. The number of hydrogen-bond donors (Lipinski definition) is 1. The van der Waals surface area contributed by atoms with Crippen molar-refractivity contribution >= 4 is 31.9 Å². The molecule has 4 heteroatoms. The van der Waals surface area contributed by atoms with Crippen molar-refractivity contribution in [1.82, 2.24) is 5.32 Å². The van der Waals surface area contributed by atoms with Crippen LogP contribution < -0.4 is 5.32 Å². The Bertz CT molecular complexity index is 331. The van der Waals surface area contributed by atoms with Gasteiger partial charge in [-0.2, -0.15) is 0 Å². The Kier molecular flexibility index (Phi) is 8.10. The zero-order valence-electron chi connectivity index (χ0n) is 10.1. The van der Waals surface area contributed by atoms with Gasteiger partial charge in [0.2, 0.25) is 0 Å². The second-order valence-electron chi connectivity index (χ2n) is 3.98. The summed E-state index contributed by atoms with van der Waals surface area (Å²) in [5, 5.41) is 3.45. The molecule has 0 heterocycles. The number of rotatable bonds is 8. The molecule has 0 radical (unpaired) electrons. The average molecular weight is 365 g/mol. The standard InChI is InChI=1S/C13H19Br2NO/c1-17-8-4-2-3-7-16-10-11-5-6-12(14)13(15)9-11/h5-6,9,16H,2-4,7-8,10H2,1H3. The lowest BCUT2D eigenvalue weighted by molar-refractivity contribution is 0.192. The van der Waals surface area contributed by atoms with Gasteiger partial charge in [0.1, 0.15) is 0 Å². The monoisotopic (exact) mass is 363 g/mol. The van der Waals surface area contributed by atoms with Crippen molar-refractivity contribution in [1.29, 1.82) is 0 Å². The van der Waals surface area contributed by atoms with Crippen LogP contribution in [-0.2, 0) is 11.3 Å². The Balaban J connectivity index is 2.11. The fraction of sp³-hybridized carbons (Fsp3) is 0.538. The molecular formula is C13H19Br2NO. The number of unbranched alkanes of at least 4 members (excludes halogenated alkanes) is 2. The smallest absolute Gasteiger partial charge is 0.0462 e. The van der Waals surface area contributed by atoms with Crippen molar-refractivity contribution < 1.29 is 4.74 Å². The van der Waals surface area contributed by atoms with Crippen LogP contribution in [0, 0.1) is 0 Å². The summed E-state index contributed by atoms with van der Waals surface area (Å²) in [7, 11) is 1.75. The second-order valence-corrected chi connectivity index (χ2v) is 5.69. The Morgan fingerprint density at radius 1 is 1.12 bits per heavy atom. The van der Waals surface area contributed by atoms with Crippen molar-refractivity contribution in [2.45, 2.75) is 25.8 Å². The minimum atomic E-state index is 0.875. The van der Waals surface area contributed by atoms with E-state index < -0.39 is 0 Å². The fourth-order valence-corrected chi connectivity index (χ4v) is 2.23. The summed E-state index contributed by atoms with van der Waals surface area (Å²) in [5.74, 6) is 0. The van der Waals surface area contributed by atoms with Gasteiger partial charge in [-0.25, -0.2) is 0 Å². The van der Waals surface area contributed by atoms with Gasteiger partial charge < -0.3 is 10.1 Å². The maximum Gasteiger partial charge on any atom is 0.0462 e. The third-order valence-electron chi connectivity index (χ3n) is 2.52. The van der Waals surface area contributed by atoms with E-state index in [4.69, 9.17) is 4.74 Å². The molecule has 0 bridgehead atoms. The van der Waals surface area contributed by atoms with Crippen LogP contribution in [0.1, 0.15) is 24.8 Å². The van der Waals surface area contributed by atoms with Crippen molar-refractivity contribution in [2.75, 3.05) is 20.3 Å². The second kappa shape index (κ2) is 9.09. The van der Waals surface area contributed by atoms with Crippen molar-refractivity contribution in [3.05, 3.63) is 32.7 Å². The molecule has 0 fully saturated rings. The summed E-state index contributed by atoms with van der Waals surface area (Å²) >= 11 is 6.98. The van der Waals surface area contributed by atoms with E-state index in [9.17, 15) is 0 Å². The number of methoxy groups -OCH3 is 1. The van der Waals surface area contributed by atoms with Crippen molar-refractivity contribution in [3.8, 4) is 0 Å². The minimum absolute atomic E-state index is 0.875. The lowest BCUT2D eigenvalue weighted by Crippen LogP contribution is -2.14. The highest BCUT2D eigenvalue weighted by Crippen LogP contribution is 2.23.